The molecule has 5 aromatic heterocycles. The third kappa shape index (κ3) is 10.5. The highest BCUT2D eigenvalue weighted by molar-refractivity contribution is 6.15. The standard InChI is InChI=1S/C100H63N3O4/c1-6-23-66(24-7-1)98-96(64-43-49-77(50-44-64)101(73-29-8-2-9-30-73)74-31-10-3-11-32-74)87-62-95-88(63-94(87)106-98)97(65-45-51-78(52-46-65)102(75-33-12-4-13-34-75)76-35-14-5-15-36-76)99(107-95)72-28-21-27-71(58-72)80-39-22-40-83-86-61-79(53-56-93(86)105-100(80)83)103-89-41-18-16-37-81(89)84-59-69(47-54-90(84)103)67-25-20-26-68(57-67)70-48-55-92-85(60-70)82-38-17-19-42-91(82)104-92/h1-63H. The number of para-hydroxylation sites is 7. The molecule has 0 amide bonds. The fourth-order valence-corrected chi connectivity index (χ4v) is 16.2. The molecule has 0 N–H and O–H groups in total. The second-order valence-electron chi connectivity index (χ2n) is 27.4. The molecule has 0 aliphatic carbocycles. The number of rotatable bonds is 14. The first-order valence-corrected chi connectivity index (χ1v) is 36.3. The molecular formula is C100H63N3O4. The Hall–Kier alpha value is -14.4. The molecule has 0 fully saturated rings. The maximum Gasteiger partial charge on any atom is 0.143 e. The van der Waals surface area contributed by atoms with Crippen molar-refractivity contribution in [1.29, 1.82) is 0 Å². The fourth-order valence-electron chi connectivity index (χ4n) is 16.2. The van der Waals surface area contributed by atoms with Gasteiger partial charge in [0, 0.05) is 111 Å². The SMILES string of the molecule is c1ccc(-c2oc3cc4c(-c5ccc(N(c6ccccc6)c6ccccc6)cc5)c(-c5cccc(-c6cccc7c6oc6ccc(-n8c9ccccc9c9cc(-c%10cccc(-c%11ccc%12oc%13ccccc%13c%12c%11)c%10)ccc98)cc67)c5)oc4cc3c2-c2ccc(N(c3ccccc3)c3ccccc3)cc2)cc1. The minimum absolute atomic E-state index is 0.739. The van der Waals surface area contributed by atoms with Gasteiger partial charge >= 0.3 is 0 Å². The Bertz CT molecular complexity index is 6890. The van der Waals surface area contributed by atoms with Crippen LogP contribution in [0.4, 0.5) is 34.1 Å². The van der Waals surface area contributed by atoms with Gasteiger partial charge in [0.05, 0.1) is 11.0 Å². The first-order chi connectivity index (χ1) is 53.0. The summed E-state index contributed by atoms with van der Waals surface area (Å²) in [7, 11) is 0. The Kier molecular flexibility index (Phi) is 14.5. The van der Waals surface area contributed by atoms with Crippen LogP contribution in [0, 0.1) is 0 Å². The summed E-state index contributed by atoms with van der Waals surface area (Å²) in [5, 5.41) is 8.57. The summed E-state index contributed by atoms with van der Waals surface area (Å²) in [5.41, 5.74) is 27.0. The molecule has 0 saturated carbocycles. The van der Waals surface area contributed by atoms with E-state index in [-0.39, 0.29) is 0 Å². The van der Waals surface area contributed by atoms with Crippen LogP contribution in [-0.2, 0) is 0 Å². The third-order valence-electron chi connectivity index (χ3n) is 21.2. The van der Waals surface area contributed by atoms with Crippen LogP contribution >= 0.6 is 0 Å². The molecule has 0 aliphatic heterocycles. The quantitative estimate of drug-likeness (QED) is 0.108. The summed E-state index contributed by atoms with van der Waals surface area (Å²) in [6.45, 7) is 0. The normalized spacial score (nSPS) is 11.7. The molecule has 0 atom stereocenters. The van der Waals surface area contributed by atoms with Gasteiger partial charge in [-0.15, -0.1) is 0 Å². The number of fused-ring (bicyclic) bond motifs is 11. The monoisotopic (exact) mass is 1370 g/mol. The Morgan fingerprint density at radius 2 is 0.598 bits per heavy atom. The molecule has 7 nitrogen and oxygen atoms in total. The molecule has 107 heavy (non-hydrogen) atoms. The van der Waals surface area contributed by atoms with E-state index >= 15 is 0 Å². The van der Waals surface area contributed by atoms with Gasteiger partial charge in [-0.3, -0.25) is 0 Å². The molecule has 0 bridgehead atoms. The Labute approximate surface area is 616 Å². The van der Waals surface area contributed by atoms with Crippen molar-refractivity contribution in [3.05, 3.63) is 382 Å². The summed E-state index contributed by atoms with van der Waals surface area (Å²) in [6.07, 6.45) is 0. The molecule has 0 aliphatic rings. The maximum absolute atomic E-state index is 7.44. The van der Waals surface area contributed by atoms with Gasteiger partial charge in [-0.25, -0.2) is 0 Å². The molecule has 0 unspecified atom stereocenters. The molecule has 5 heterocycles. The van der Waals surface area contributed by atoms with Gasteiger partial charge in [0.25, 0.3) is 0 Å². The van der Waals surface area contributed by atoms with Crippen LogP contribution in [0.25, 0.3) is 172 Å². The van der Waals surface area contributed by atoms with Crippen molar-refractivity contribution < 1.29 is 17.7 Å². The number of hydrogen-bond donors (Lipinski definition) is 0. The van der Waals surface area contributed by atoms with E-state index in [1.807, 2.05) is 18.2 Å². The summed E-state index contributed by atoms with van der Waals surface area (Å²) >= 11 is 0. The molecule has 0 spiro atoms. The molecule has 7 heteroatoms. The van der Waals surface area contributed by atoms with Crippen molar-refractivity contribution in [1.82, 2.24) is 4.57 Å². The second-order valence-corrected chi connectivity index (χ2v) is 27.4. The smallest absolute Gasteiger partial charge is 0.143 e. The predicted molar refractivity (Wildman–Crippen MR) is 442 cm³/mol. The summed E-state index contributed by atoms with van der Waals surface area (Å²) in [5.74, 6) is 1.53. The topological polar surface area (TPSA) is 64.0 Å². The van der Waals surface area contributed by atoms with Gasteiger partial charge in [-0.1, -0.05) is 231 Å². The van der Waals surface area contributed by atoms with Gasteiger partial charge in [0.2, 0.25) is 0 Å². The van der Waals surface area contributed by atoms with Crippen molar-refractivity contribution in [2.45, 2.75) is 0 Å². The lowest BCUT2D eigenvalue weighted by Gasteiger charge is -2.25. The van der Waals surface area contributed by atoms with Gasteiger partial charge < -0.3 is 32.0 Å². The molecule has 0 radical (unpaired) electrons. The van der Waals surface area contributed by atoms with Crippen molar-refractivity contribution in [3.8, 4) is 84.0 Å². The highest BCUT2D eigenvalue weighted by atomic mass is 16.3. The predicted octanol–water partition coefficient (Wildman–Crippen LogP) is 28.7. The Morgan fingerprint density at radius 1 is 0.196 bits per heavy atom. The lowest BCUT2D eigenvalue weighted by Crippen LogP contribution is -2.09. The molecule has 0 saturated heterocycles. The van der Waals surface area contributed by atoms with E-state index in [1.54, 1.807) is 0 Å². The van der Waals surface area contributed by atoms with E-state index in [4.69, 9.17) is 17.7 Å². The van der Waals surface area contributed by atoms with E-state index in [0.29, 0.717) is 0 Å². The van der Waals surface area contributed by atoms with Crippen LogP contribution in [0.5, 0.6) is 0 Å². The summed E-state index contributed by atoms with van der Waals surface area (Å²) in [4.78, 5) is 4.58. The van der Waals surface area contributed by atoms with E-state index in [0.717, 1.165) is 195 Å². The Morgan fingerprint density at radius 3 is 1.21 bits per heavy atom. The first kappa shape index (κ1) is 61.3. The van der Waals surface area contributed by atoms with E-state index in [2.05, 4.69) is 378 Å². The number of benzene rings is 16. The van der Waals surface area contributed by atoms with Gasteiger partial charge in [-0.2, -0.15) is 0 Å². The molecule has 502 valence electrons. The zero-order valence-corrected chi connectivity index (χ0v) is 57.8. The molecule has 16 aromatic carbocycles. The zero-order chi connectivity index (χ0) is 70.5. The molecule has 21 rings (SSSR count). The van der Waals surface area contributed by atoms with Gasteiger partial charge in [-0.05, 0) is 191 Å². The number of anilines is 6. The largest absolute Gasteiger partial charge is 0.456 e. The fraction of sp³-hybridized carbons (Fsp3) is 0. The third-order valence-corrected chi connectivity index (χ3v) is 21.2. The van der Waals surface area contributed by atoms with Crippen LogP contribution in [0.1, 0.15) is 0 Å². The lowest BCUT2D eigenvalue weighted by atomic mass is 9.94. The Balaban J connectivity index is 0.675. The second kappa shape index (κ2) is 25.2. The van der Waals surface area contributed by atoms with Crippen LogP contribution in [0.15, 0.2) is 400 Å². The average molecular weight is 1370 g/mol. The van der Waals surface area contributed by atoms with Gasteiger partial charge in [0.1, 0.15) is 45.0 Å². The number of nitrogens with zero attached hydrogens (tertiary/aromatic N) is 3. The van der Waals surface area contributed by atoms with Crippen LogP contribution in [0.3, 0.4) is 0 Å². The highest BCUT2D eigenvalue weighted by Gasteiger charge is 2.27. The average Bonchev–Trinajstić information content (AvgIpc) is 1.59. The van der Waals surface area contributed by atoms with E-state index < -0.39 is 0 Å². The molecule has 21 aromatic rings. The zero-order valence-electron chi connectivity index (χ0n) is 57.8. The van der Waals surface area contributed by atoms with Crippen molar-refractivity contribution in [2.75, 3.05) is 9.80 Å². The summed E-state index contributed by atoms with van der Waals surface area (Å²) < 4.78 is 30.3. The lowest BCUT2D eigenvalue weighted by molar-refractivity contribution is 0.628. The van der Waals surface area contributed by atoms with E-state index in [9.17, 15) is 0 Å². The maximum atomic E-state index is 7.44. The van der Waals surface area contributed by atoms with Crippen molar-refractivity contribution in [2.24, 2.45) is 0 Å². The minimum Gasteiger partial charge on any atom is -0.456 e. The summed E-state index contributed by atoms with van der Waals surface area (Å²) in [6, 6.07) is 136. The van der Waals surface area contributed by atoms with Crippen LogP contribution in [0.2, 0.25) is 0 Å². The van der Waals surface area contributed by atoms with Crippen molar-refractivity contribution in [3.63, 3.8) is 0 Å². The number of hydrogen-bond acceptors (Lipinski definition) is 6. The number of aromatic nitrogens is 1. The minimum atomic E-state index is 0.739. The number of furan rings is 4. The van der Waals surface area contributed by atoms with Crippen LogP contribution in [-0.4, -0.2) is 4.57 Å². The van der Waals surface area contributed by atoms with Crippen LogP contribution < -0.4 is 9.80 Å². The van der Waals surface area contributed by atoms with E-state index in [1.165, 1.54) is 10.8 Å². The molecular weight excluding hydrogens is 1310 g/mol. The highest BCUT2D eigenvalue weighted by Crippen LogP contribution is 2.50. The van der Waals surface area contributed by atoms with Gasteiger partial charge in [0.15, 0.2) is 0 Å². The first-order valence-electron chi connectivity index (χ1n) is 36.3. The van der Waals surface area contributed by atoms with Crippen molar-refractivity contribution >= 4 is 122 Å².